The lowest BCUT2D eigenvalue weighted by molar-refractivity contribution is 0.443. The lowest BCUT2D eigenvalue weighted by atomic mass is 10.2. The number of aromatic nitrogens is 3. The monoisotopic (exact) mass is 260 g/mol. The molecular formula is C10H8F4N4. The number of halogens is 4. The van der Waals surface area contributed by atoms with Gasteiger partial charge in [0.1, 0.15) is 5.69 Å². The second-order valence-electron chi connectivity index (χ2n) is 3.50. The first-order chi connectivity index (χ1) is 8.54. The molecule has 0 amide bonds. The summed E-state index contributed by atoms with van der Waals surface area (Å²) in [4.78, 5) is 0. The minimum atomic E-state index is -1.52. The molecule has 0 aliphatic rings. The molecule has 0 aliphatic carbocycles. The van der Waals surface area contributed by atoms with Gasteiger partial charge in [0.25, 0.3) is 0 Å². The highest BCUT2D eigenvalue weighted by Crippen LogP contribution is 2.22. The zero-order chi connectivity index (χ0) is 13.3. The highest BCUT2D eigenvalue weighted by atomic mass is 19.2. The molecule has 0 aliphatic heterocycles. The van der Waals surface area contributed by atoms with Crippen molar-refractivity contribution in [3.63, 3.8) is 0 Å². The fourth-order valence-electron chi connectivity index (χ4n) is 1.43. The number of rotatable bonds is 3. The van der Waals surface area contributed by atoms with E-state index in [1.165, 1.54) is 6.20 Å². The fourth-order valence-corrected chi connectivity index (χ4v) is 1.43. The van der Waals surface area contributed by atoms with E-state index in [-0.39, 0.29) is 6.07 Å². The maximum Gasteiger partial charge on any atom is 0.187 e. The van der Waals surface area contributed by atoms with Crippen LogP contribution in [0.25, 0.3) is 5.69 Å². The van der Waals surface area contributed by atoms with Crippen molar-refractivity contribution in [3.05, 3.63) is 41.2 Å². The molecule has 4 nitrogen and oxygen atoms in total. The van der Waals surface area contributed by atoms with E-state index in [1.807, 2.05) is 0 Å². The minimum Gasteiger partial charge on any atom is -0.314 e. The summed E-state index contributed by atoms with van der Waals surface area (Å²) in [5.41, 5.74) is -0.552. The Morgan fingerprint density at radius 2 is 1.78 bits per heavy atom. The molecule has 1 heterocycles. The third-order valence-electron chi connectivity index (χ3n) is 2.22. The summed E-state index contributed by atoms with van der Waals surface area (Å²) in [5, 5.41) is 9.77. The maximum absolute atomic E-state index is 13.4. The van der Waals surface area contributed by atoms with E-state index in [1.54, 1.807) is 7.05 Å². The van der Waals surface area contributed by atoms with Crippen LogP contribution in [0, 0.1) is 23.3 Å². The van der Waals surface area contributed by atoms with Crippen molar-refractivity contribution in [2.24, 2.45) is 0 Å². The Morgan fingerprint density at radius 3 is 2.33 bits per heavy atom. The number of benzene rings is 1. The Morgan fingerprint density at radius 1 is 1.17 bits per heavy atom. The number of nitrogens with zero attached hydrogens (tertiary/aromatic N) is 3. The molecule has 18 heavy (non-hydrogen) atoms. The molecule has 0 bridgehead atoms. The van der Waals surface area contributed by atoms with Crippen molar-refractivity contribution in [1.82, 2.24) is 20.3 Å². The highest BCUT2D eigenvalue weighted by Gasteiger charge is 2.21. The first-order valence-electron chi connectivity index (χ1n) is 4.93. The van der Waals surface area contributed by atoms with Crippen LogP contribution in [-0.4, -0.2) is 22.0 Å². The quantitative estimate of drug-likeness (QED) is 0.672. The summed E-state index contributed by atoms with van der Waals surface area (Å²) in [6.07, 6.45) is 1.18. The molecule has 0 unspecified atom stereocenters. The van der Waals surface area contributed by atoms with Gasteiger partial charge in [-0.3, -0.25) is 0 Å². The number of nitrogens with one attached hydrogen (secondary N) is 1. The van der Waals surface area contributed by atoms with Gasteiger partial charge in [-0.15, -0.1) is 5.10 Å². The fraction of sp³-hybridized carbons (Fsp3) is 0.200. The van der Waals surface area contributed by atoms with E-state index < -0.39 is 29.0 Å². The Kier molecular flexibility index (Phi) is 3.28. The lowest BCUT2D eigenvalue weighted by Gasteiger charge is -2.05. The number of hydrogen-bond acceptors (Lipinski definition) is 3. The SMILES string of the molecule is CNCc1cn(-c2c(F)c(F)cc(F)c2F)nn1. The molecule has 1 N–H and O–H groups in total. The molecule has 1 aromatic carbocycles. The van der Waals surface area contributed by atoms with Crippen molar-refractivity contribution in [1.29, 1.82) is 0 Å². The predicted molar refractivity (Wildman–Crippen MR) is 54.0 cm³/mol. The molecule has 2 aromatic rings. The largest absolute Gasteiger partial charge is 0.314 e. The third-order valence-corrected chi connectivity index (χ3v) is 2.22. The van der Waals surface area contributed by atoms with Crippen LogP contribution in [0.1, 0.15) is 5.69 Å². The van der Waals surface area contributed by atoms with Crippen molar-refractivity contribution in [2.75, 3.05) is 7.05 Å². The molecule has 0 fully saturated rings. The van der Waals surface area contributed by atoms with Crippen LogP contribution >= 0.6 is 0 Å². The number of hydrogen-bond donors (Lipinski definition) is 1. The van der Waals surface area contributed by atoms with Gasteiger partial charge in [-0.25, -0.2) is 22.2 Å². The van der Waals surface area contributed by atoms with Gasteiger partial charge in [-0.1, -0.05) is 5.21 Å². The summed E-state index contributed by atoms with van der Waals surface area (Å²) in [5.74, 6) is -6.02. The van der Waals surface area contributed by atoms with Crippen molar-refractivity contribution >= 4 is 0 Å². The van der Waals surface area contributed by atoms with Crippen molar-refractivity contribution in [3.8, 4) is 5.69 Å². The molecule has 0 atom stereocenters. The first-order valence-corrected chi connectivity index (χ1v) is 4.93. The second kappa shape index (κ2) is 4.73. The standard InChI is InChI=1S/C10H8F4N4/c1-15-3-5-4-18(17-16-5)10-8(13)6(11)2-7(12)9(10)14/h2,4,15H,3H2,1H3. The first kappa shape index (κ1) is 12.5. The van der Waals surface area contributed by atoms with Crippen LogP contribution < -0.4 is 5.32 Å². The van der Waals surface area contributed by atoms with E-state index in [4.69, 9.17) is 0 Å². The average molecular weight is 260 g/mol. The smallest absolute Gasteiger partial charge is 0.187 e. The van der Waals surface area contributed by atoms with Gasteiger partial charge in [-0.2, -0.15) is 0 Å². The van der Waals surface area contributed by atoms with E-state index in [0.717, 1.165) is 0 Å². The van der Waals surface area contributed by atoms with Gasteiger partial charge in [0.15, 0.2) is 23.3 Å². The van der Waals surface area contributed by atoms with Crippen molar-refractivity contribution < 1.29 is 17.6 Å². The van der Waals surface area contributed by atoms with E-state index in [9.17, 15) is 17.6 Å². The van der Waals surface area contributed by atoms with Crippen LogP contribution in [0.15, 0.2) is 12.3 Å². The van der Waals surface area contributed by atoms with Gasteiger partial charge in [-0.05, 0) is 7.05 Å². The predicted octanol–water partition coefficient (Wildman–Crippen LogP) is 1.54. The summed E-state index contributed by atoms with van der Waals surface area (Å²) in [6, 6.07) is 0.138. The molecule has 8 heteroatoms. The van der Waals surface area contributed by atoms with Crippen molar-refractivity contribution in [2.45, 2.75) is 6.54 Å². The van der Waals surface area contributed by atoms with Gasteiger partial charge >= 0.3 is 0 Å². The van der Waals surface area contributed by atoms with Gasteiger partial charge in [0.2, 0.25) is 0 Å². The Labute approximate surface area is 99.2 Å². The van der Waals surface area contributed by atoms with Gasteiger partial charge < -0.3 is 5.32 Å². The summed E-state index contributed by atoms with van der Waals surface area (Å²) >= 11 is 0. The molecular weight excluding hydrogens is 252 g/mol. The molecule has 0 saturated carbocycles. The summed E-state index contributed by atoms with van der Waals surface area (Å²) in [7, 11) is 1.64. The lowest BCUT2D eigenvalue weighted by Crippen LogP contribution is -2.07. The molecule has 0 saturated heterocycles. The molecule has 96 valence electrons. The van der Waals surface area contributed by atoms with Gasteiger partial charge in [0, 0.05) is 12.6 Å². The molecule has 2 rings (SSSR count). The van der Waals surface area contributed by atoms with E-state index >= 15 is 0 Å². The summed E-state index contributed by atoms with van der Waals surface area (Å²) in [6.45, 7) is 0.307. The highest BCUT2D eigenvalue weighted by molar-refractivity contribution is 5.36. The van der Waals surface area contributed by atoms with E-state index in [0.29, 0.717) is 16.9 Å². The Bertz CT molecular complexity index is 555. The zero-order valence-corrected chi connectivity index (χ0v) is 9.22. The summed E-state index contributed by atoms with van der Waals surface area (Å²) < 4.78 is 53.5. The third kappa shape index (κ3) is 2.06. The van der Waals surface area contributed by atoms with Crippen LogP contribution in [-0.2, 0) is 6.54 Å². The molecule has 0 radical (unpaired) electrons. The topological polar surface area (TPSA) is 42.7 Å². The minimum absolute atomic E-state index is 0.138. The molecule has 0 spiro atoms. The van der Waals surface area contributed by atoms with Crippen LogP contribution in [0.2, 0.25) is 0 Å². The average Bonchev–Trinajstić information content (AvgIpc) is 2.76. The van der Waals surface area contributed by atoms with Crippen LogP contribution in [0.5, 0.6) is 0 Å². The molecule has 1 aromatic heterocycles. The zero-order valence-electron chi connectivity index (χ0n) is 9.22. The Balaban J connectivity index is 2.55. The normalized spacial score (nSPS) is 10.9. The Hall–Kier alpha value is -1.96. The second-order valence-corrected chi connectivity index (χ2v) is 3.50. The van der Waals surface area contributed by atoms with E-state index in [2.05, 4.69) is 15.6 Å². The maximum atomic E-state index is 13.4. The van der Waals surface area contributed by atoms with Crippen LogP contribution in [0.4, 0.5) is 17.6 Å². The van der Waals surface area contributed by atoms with Gasteiger partial charge in [0.05, 0.1) is 11.9 Å². The van der Waals surface area contributed by atoms with Crippen LogP contribution in [0.3, 0.4) is 0 Å².